The van der Waals surface area contributed by atoms with Crippen molar-refractivity contribution in [3.05, 3.63) is 39.9 Å². The van der Waals surface area contributed by atoms with Gasteiger partial charge in [-0.15, -0.1) is 11.3 Å². The lowest BCUT2D eigenvalue weighted by Crippen LogP contribution is -2.44. The molecule has 35 heavy (non-hydrogen) atoms. The summed E-state index contributed by atoms with van der Waals surface area (Å²) < 4.78 is 0. The Morgan fingerprint density at radius 2 is 1.54 bits per heavy atom. The number of nitrogens with one attached hydrogen (secondary N) is 2. The van der Waals surface area contributed by atoms with E-state index in [9.17, 15) is 9.59 Å². The van der Waals surface area contributed by atoms with Crippen molar-refractivity contribution in [2.75, 3.05) is 33.7 Å². The SMILES string of the molecule is CNC1CCCCN(CC2=CC(C)(C)C=C2)C1=O.CNC1CCCCN(Cc2cnc(C)s2)C1=O. The van der Waals surface area contributed by atoms with E-state index < -0.39 is 0 Å². The Kier molecular flexibility index (Phi) is 10.1. The molecule has 194 valence electrons. The highest BCUT2D eigenvalue weighted by Gasteiger charge is 2.27. The van der Waals surface area contributed by atoms with Crippen LogP contribution >= 0.6 is 11.3 Å². The summed E-state index contributed by atoms with van der Waals surface area (Å²) in [4.78, 5) is 33.9. The van der Waals surface area contributed by atoms with Gasteiger partial charge in [0.05, 0.1) is 23.6 Å². The smallest absolute Gasteiger partial charge is 0.240 e. The van der Waals surface area contributed by atoms with Crippen LogP contribution in [-0.4, -0.2) is 72.4 Å². The lowest BCUT2D eigenvalue weighted by Gasteiger charge is -2.24. The molecule has 2 unspecified atom stereocenters. The van der Waals surface area contributed by atoms with E-state index in [1.54, 1.807) is 11.3 Å². The molecule has 8 heteroatoms. The van der Waals surface area contributed by atoms with Gasteiger partial charge in [0.1, 0.15) is 0 Å². The van der Waals surface area contributed by atoms with E-state index in [4.69, 9.17) is 0 Å². The van der Waals surface area contributed by atoms with E-state index in [0.29, 0.717) is 6.54 Å². The first-order valence-electron chi connectivity index (χ1n) is 13.0. The summed E-state index contributed by atoms with van der Waals surface area (Å²) in [7, 11) is 3.74. The first-order valence-corrected chi connectivity index (χ1v) is 13.8. The van der Waals surface area contributed by atoms with Crippen LogP contribution in [0, 0.1) is 12.3 Å². The van der Waals surface area contributed by atoms with Crippen LogP contribution in [0.5, 0.6) is 0 Å². The number of aryl methyl sites for hydroxylation is 1. The van der Waals surface area contributed by atoms with Gasteiger partial charge in [-0.1, -0.05) is 32.1 Å². The summed E-state index contributed by atoms with van der Waals surface area (Å²) in [6.45, 7) is 9.61. The van der Waals surface area contributed by atoms with Crippen molar-refractivity contribution in [3.63, 3.8) is 0 Å². The number of nitrogens with zero attached hydrogens (tertiary/aromatic N) is 3. The Morgan fingerprint density at radius 1 is 0.971 bits per heavy atom. The van der Waals surface area contributed by atoms with Crippen molar-refractivity contribution in [1.82, 2.24) is 25.4 Å². The van der Waals surface area contributed by atoms with E-state index >= 15 is 0 Å². The monoisotopic (exact) mass is 501 g/mol. The maximum absolute atomic E-state index is 12.3. The summed E-state index contributed by atoms with van der Waals surface area (Å²) >= 11 is 1.67. The zero-order valence-electron chi connectivity index (χ0n) is 22.1. The Bertz CT molecular complexity index is 922. The van der Waals surface area contributed by atoms with Gasteiger partial charge in [-0.2, -0.15) is 0 Å². The maximum atomic E-state index is 12.3. The van der Waals surface area contributed by atoms with Crippen LogP contribution in [0.2, 0.25) is 0 Å². The number of thiazole rings is 1. The number of hydrogen-bond donors (Lipinski definition) is 2. The predicted octanol–water partition coefficient (Wildman–Crippen LogP) is 3.66. The zero-order valence-corrected chi connectivity index (χ0v) is 22.9. The van der Waals surface area contributed by atoms with Crippen LogP contribution < -0.4 is 10.6 Å². The molecule has 2 fully saturated rings. The number of likely N-dealkylation sites (tertiary alicyclic amines) is 2. The molecule has 0 saturated carbocycles. The minimum Gasteiger partial charge on any atom is -0.337 e. The predicted molar refractivity (Wildman–Crippen MR) is 143 cm³/mol. The van der Waals surface area contributed by atoms with Gasteiger partial charge in [0.15, 0.2) is 0 Å². The molecule has 2 amide bonds. The quantitative estimate of drug-likeness (QED) is 0.622. The van der Waals surface area contributed by atoms with Crippen LogP contribution in [0.4, 0.5) is 0 Å². The number of amides is 2. The fourth-order valence-corrected chi connectivity index (χ4v) is 5.75. The van der Waals surface area contributed by atoms with Crippen molar-refractivity contribution in [3.8, 4) is 0 Å². The topological polar surface area (TPSA) is 77.6 Å². The highest BCUT2D eigenvalue weighted by molar-refractivity contribution is 7.11. The first-order chi connectivity index (χ1) is 16.7. The Morgan fingerprint density at radius 3 is 2.00 bits per heavy atom. The van der Waals surface area contributed by atoms with E-state index in [-0.39, 0.29) is 29.3 Å². The van der Waals surface area contributed by atoms with Crippen molar-refractivity contribution in [1.29, 1.82) is 0 Å². The fourth-order valence-electron chi connectivity index (χ4n) is 4.94. The molecule has 3 aliphatic rings. The van der Waals surface area contributed by atoms with Crippen molar-refractivity contribution >= 4 is 23.2 Å². The van der Waals surface area contributed by atoms with Gasteiger partial charge < -0.3 is 20.4 Å². The molecule has 2 aliphatic heterocycles. The second-order valence-electron chi connectivity index (χ2n) is 10.4. The molecule has 0 bridgehead atoms. The molecule has 1 aliphatic carbocycles. The molecule has 2 N–H and O–H groups in total. The van der Waals surface area contributed by atoms with Gasteiger partial charge >= 0.3 is 0 Å². The summed E-state index contributed by atoms with van der Waals surface area (Å²) in [5, 5.41) is 7.31. The Hall–Kier alpha value is -2.03. The molecule has 2 atom stereocenters. The Balaban J connectivity index is 0.000000196. The van der Waals surface area contributed by atoms with E-state index in [2.05, 4.69) is 47.7 Å². The largest absolute Gasteiger partial charge is 0.337 e. The van der Waals surface area contributed by atoms with Gasteiger partial charge in [0, 0.05) is 36.1 Å². The Labute approximate surface area is 215 Å². The van der Waals surface area contributed by atoms with Crippen LogP contribution in [-0.2, 0) is 16.1 Å². The average Bonchev–Trinajstić information content (AvgIpc) is 3.28. The van der Waals surface area contributed by atoms with E-state index in [1.807, 2.05) is 37.0 Å². The number of carbonyl (C=O) groups excluding carboxylic acids is 2. The van der Waals surface area contributed by atoms with E-state index in [0.717, 1.165) is 63.2 Å². The molecule has 3 heterocycles. The van der Waals surface area contributed by atoms with Gasteiger partial charge in [-0.3, -0.25) is 9.59 Å². The number of carbonyl (C=O) groups is 2. The van der Waals surface area contributed by atoms with Crippen LogP contribution in [0.3, 0.4) is 0 Å². The van der Waals surface area contributed by atoms with Crippen molar-refractivity contribution in [2.45, 2.75) is 77.9 Å². The molecule has 1 aromatic heterocycles. The number of hydrogen-bond acceptors (Lipinski definition) is 6. The molecule has 2 saturated heterocycles. The second kappa shape index (κ2) is 12.8. The van der Waals surface area contributed by atoms with Crippen LogP contribution in [0.1, 0.15) is 62.3 Å². The first kappa shape index (κ1) is 27.6. The van der Waals surface area contributed by atoms with Gasteiger partial charge in [-0.05, 0) is 65.1 Å². The summed E-state index contributed by atoms with van der Waals surface area (Å²) in [5.74, 6) is 0.491. The van der Waals surface area contributed by atoms with Gasteiger partial charge in [0.2, 0.25) is 11.8 Å². The van der Waals surface area contributed by atoms with Gasteiger partial charge in [-0.25, -0.2) is 4.98 Å². The number of aromatic nitrogens is 1. The zero-order chi connectivity index (χ0) is 25.4. The minimum atomic E-state index is -0.00785. The fraction of sp³-hybridized carbons (Fsp3) is 0.667. The third kappa shape index (κ3) is 7.98. The maximum Gasteiger partial charge on any atom is 0.240 e. The number of likely N-dealkylation sites (N-methyl/N-ethyl adjacent to an activating group) is 2. The molecule has 0 spiro atoms. The second-order valence-corrected chi connectivity index (χ2v) is 11.7. The lowest BCUT2D eigenvalue weighted by atomic mass is 9.96. The lowest BCUT2D eigenvalue weighted by molar-refractivity contribution is -0.133. The summed E-state index contributed by atoms with van der Waals surface area (Å²) in [6.07, 6.45) is 14.9. The molecule has 7 nitrogen and oxygen atoms in total. The highest BCUT2D eigenvalue weighted by atomic mass is 32.1. The minimum absolute atomic E-state index is 0.00601. The van der Waals surface area contributed by atoms with Crippen LogP contribution in [0.15, 0.2) is 30.0 Å². The summed E-state index contributed by atoms with van der Waals surface area (Å²) in [6, 6.07) is -0.00184. The van der Waals surface area contributed by atoms with Crippen LogP contribution in [0.25, 0.3) is 0 Å². The summed E-state index contributed by atoms with van der Waals surface area (Å²) in [5.41, 5.74) is 1.41. The van der Waals surface area contributed by atoms with E-state index in [1.165, 1.54) is 10.5 Å². The highest BCUT2D eigenvalue weighted by Crippen LogP contribution is 2.29. The average molecular weight is 502 g/mol. The molecule has 0 aromatic carbocycles. The van der Waals surface area contributed by atoms with Crippen molar-refractivity contribution in [2.24, 2.45) is 5.41 Å². The van der Waals surface area contributed by atoms with Gasteiger partial charge in [0.25, 0.3) is 0 Å². The third-order valence-electron chi connectivity index (χ3n) is 6.93. The standard InChI is InChI=1S/C15H24N2O.C12H19N3OS/c1-15(2)8-7-12(10-15)11-17-9-5-4-6-13(16-3)14(17)18;1-9-14-7-10(17-9)8-15-6-4-3-5-11(13-2)12(15)16/h7-8,10,13,16H,4-6,9,11H2,1-3H3;7,11,13H,3-6,8H2,1-2H3. The normalized spacial score (nSPS) is 24.5. The number of rotatable bonds is 6. The molecular formula is C27H43N5O2S. The van der Waals surface area contributed by atoms with Crippen molar-refractivity contribution < 1.29 is 9.59 Å². The molecule has 0 radical (unpaired) electrons. The third-order valence-corrected chi connectivity index (χ3v) is 7.83. The molecule has 1 aromatic rings. The molecule has 4 rings (SSSR count). The number of allylic oxidation sites excluding steroid dienone is 2. The molecular weight excluding hydrogens is 458 g/mol.